The Labute approximate surface area is 338 Å². The van der Waals surface area contributed by atoms with E-state index in [0.717, 1.165) is 16.8 Å². The number of nitrogens with zero attached hydrogens (tertiary/aromatic N) is 2. The van der Waals surface area contributed by atoms with Crippen LogP contribution in [-0.4, -0.2) is 12.6 Å². The minimum Gasteiger partial charge on any atom is -0.245 e. The molecule has 2 nitrogen and oxygen atoms in total. The lowest BCUT2D eigenvalue weighted by molar-refractivity contribution is 0.741. The molecule has 1 spiro atoms. The van der Waals surface area contributed by atoms with Gasteiger partial charge in [-0.25, -0.2) is 9.98 Å². The van der Waals surface area contributed by atoms with Crippen molar-refractivity contribution in [1.29, 1.82) is 0 Å². The number of rotatable bonds is 6. The highest BCUT2D eigenvalue weighted by Gasteiger charge is 2.53. The lowest BCUT2D eigenvalue weighted by atomic mass is 9.68. The molecule has 0 bridgehead atoms. The van der Waals surface area contributed by atoms with Gasteiger partial charge in [0.25, 0.3) is 0 Å². The predicted molar refractivity (Wildman–Crippen MR) is 244 cm³/mol. The Hall–Kier alpha value is -7.42. The average Bonchev–Trinajstić information content (AvgIpc) is 3.74. The molecule has 11 rings (SSSR count). The molecule has 2 aliphatic rings. The molecule has 2 aliphatic carbocycles. The fourth-order valence-electron chi connectivity index (χ4n) is 9.68. The summed E-state index contributed by atoms with van der Waals surface area (Å²) >= 11 is 0. The molecule has 2 heteroatoms. The number of hydrogen-bond donors (Lipinski definition) is 0. The van der Waals surface area contributed by atoms with Gasteiger partial charge in [-0.3, -0.25) is 0 Å². The summed E-state index contributed by atoms with van der Waals surface area (Å²) < 4.78 is 0. The van der Waals surface area contributed by atoms with E-state index in [1.54, 1.807) is 0 Å². The van der Waals surface area contributed by atoms with Gasteiger partial charge in [0.1, 0.15) is 0 Å². The molecule has 0 N–H and O–H groups in total. The first-order chi connectivity index (χ1) is 28.7. The van der Waals surface area contributed by atoms with Crippen LogP contribution >= 0.6 is 0 Å². The molecule has 0 saturated carbocycles. The number of aliphatic imine (C=N–C) groups is 2. The van der Waals surface area contributed by atoms with Gasteiger partial charge in [-0.05, 0) is 108 Å². The normalized spacial score (nSPS) is 15.5. The Balaban J connectivity index is 1.15. The predicted octanol–water partition coefficient (Wildman–Crippen LogP) is 13.8. The first-order valence-corrected chi connectivity index (χ1v) is 20.0. The van der Waals surface area contributed by atoms with Crippen molar-refractivity contribution in [3.8, 4) is 33.4 Å². The molecule has 0 fully saturated rings. The summed E-state index contributed by atoms with van der Waals surface area (Å²) in [5.74, 6) is 0.615. The van der Waals surface area contributed by atoms with Gasteiger partial charge in [-0.2, -0.15) is 0 Å². The first kappa shape index (κ1) is 33.9. The highest BCUT2D eigenvalue weighted by atomic mass is 14.9. The van der Waals surface area contributed by atoms with Crippen LogP contribution in [0.5, 0.6) is 0 Å². The molecule has 272 valence electrons. The summed E-state index contributed by atoms with van der Waals surface area (Å²) in [6.45, 7) is 4.03. The Morgan fingerprint density at radius 3 is 1.78 bits per heavy atom. The second kappa shape index (κ2) is 13.7. The zero-order valence-corrected chi connectivity index (χ0v) is 31.9. The molecular weight excluding hydrogens is 701 g/mol. The molecule has 0 aliphatic heterocycles. The van der Waals surface area contributed by atoms with E-state index in [9.17, 15) is 0 Å². The van der Waals surface area contributed by atoms with Gasteiger partial charge in [0.15, 0.2) is 5.84 Å². The van der Waals surface area contributed by atoms with E-state index in [0.29, 0.717) is 12.3 Å². The standard InChI is InChI=1S/C56H38N2/c1-57-55(41-16-3-2-4-17-41)58-54-49-23-10-12-25-51(49)56(53(54)36-45-20-13-19-40-15-7-8-21-46(40)45)50-24-11-9-22-47(50)48-33-32-44(35-52(48)56)39-28-26-38(27-29-39)43-31-30-37-14-5-6-18-42(37)34-43/h2-35H,1,36H2. The third kappa shape index (κ3) is 5.26. The third-order valence-corrected chi connectivity index (χ3v) is 12.3. The van der Waals surface area contributed by atoms with Crippen LogP contribution in [-0.2, 0) is 11.8 Å². The number of benzene rings is 9. The van der Waals surface area contributed by atoms with Crippen LogP contribution < -0.4 is 0 Å². The SMILES string of the molecule is C=NC(=NC1=C(Cc2cccc3ccccc23)C2(c3ccccc31)c1ccccc1-c1ccc(-c3ccc(-c4ccc5ccccc5c4)cc3)cc12)c1ccccc1. The maximum atomic E-state index is 5.53. The van der Waals surface area contributed by atoms with Crippen LogP contribution in [0.3, 0.4) is 0 Å². The van der Waals surface area contributed by atoms with Crippen LogP contribution in [0.2, 0.25) is 0 Å². The van der Waals surface area contributed by atoms with Gasteiger partial charge in [0.2, 0.25) is 0 Å². The second-order valence-corrected chi connectivity index (χ2v) is 15.3. The van der Waals surface area contributed by atoms with Crippen LogP contribution in [0.15, 0.2) is 222 Å². The Bertz CT molecular complexity index is 3150. The van der Waals surface area contributed by atoms with E-state index in [1.165, 1.54) is 82.8 Å². The molecule has 0 radical (unpaired) electrons. The van der Waals surface area contributed by atoms with E-state index in [4.69, 9.17) is 4.99 Å². The Morgan fingerprint density at radius 2 is 1.00 bits per heavy atom. The summed E-state index contributed by atoms with van der Waals surface area (Å²) in [6.07, 6.45) is 0.701. The molecule has 0 heterocycles. The van der Waals surface area contributed by atoms with E-state index in [2.05, 4.69) is 200 Å². The maximum Gasteiger partial charge on any atom is 0.159 e. The summed E-state index contributed by atoms with van der Waals surface area (Å²) in [5.41, 5.74) is 16.1. The Morgan fingerprint density at radius 1 is 0.431 bits per heavy atom. The lowest BCUT2D eigenvalue weighted by Gasteiger charge is -2.33. The molecule has 0 saturated heterocycles. The van der Waals surface area contributed by atoms with Crippen molar-refractivity contribution in [1.82, 2.24) is 0 Å². The quantitative estimate of drug-likeness (QED) is 0.120. The van der Waals surface area contributed by atoms with E-state index in [1.807, 2.05) is 18.2 Å². The number of hydrogen-bond acceptors (Lipinski definition) is 1. The topological polar surface area (TPSA) is 24.7 Å². The van der Waals surface area contributed by atoms with Gasteiger partial charge >= 0.3 is 0 Å². The van der Waals surface area contributed by atoms with Crippen molar-refractivity contribution in [2.45, 2.75) is 11.8 Å². The average molecular weight is 739 g/mol. The zero-order valence-electron chi connectivity index (χ0n) is 31.9. The first-order valence-electron chi connectivity index (χ1n) is 20.0. The molecular formula is C56H38N2. The molecule has 0 aromatic heterocycles. The molecule has 58 heavy (non-hydrogen) atoms. The van der Waals surface area contributed by atoms with Crippen molar-refractivity contribution in [2.75, 3.05) is 0 Å². The van der Waals surface area contributed by atoms with E-state index < -0.39 is 5.41 Å². The van der Waals surface area contributed by atoms with Crippen molar-refractivity contribution in [2.24, 2.45) is 9.98 Å². The van der Waals surface area contributed by atoms with Gasteiger partial charge in [0, 0.05) is 11.1 Å². The zero-order chi connectivity index (χ0) is 38.6. The molecule has 0 amide bonds. The fourth-order valence-corrected chi connectivity index (χ4v) is 9.68. The highest BCUT2D eigenvalue weighted by molar-refractivity contribution is 6.06. The largest absolute Gasteiger partial charge is 0.245 e. The van der Waals surface area contributed by atoms with Crippen LogP contribution in [0.1, 0.15) is 33.4 Å². The fraction of sp³-hybridized carbons (Fsp3) is 0.0357. The minimum absolute atomic E-state index is 0.595. The van der Waals surface area contributed by atoms with Crippen molar-refractivity contribution in [3.05, 3.63) is 245 Å². The molecule has 9 aromatic carbocycles. The summed E-state index contributed by atoms with van der Waals surface area (Å²) in [5, 5.41) is 4.99. The monoisotopic (exact) mass is 738 g/mol. The lowest BCUT2D eigenvalue weighted by Crippen LogP contribution is -2.28. The van der Waals surface area contributed by atoms with Gasteiger partial charge in [0.05, 0.1) is 11.1 Å². The van der Waals surface area contributed by atoms with Crippen molar-refractivity contribution >= 4 is 39.8 Å². The molecule has 1 atom stereocenters. The van der Waals surface area contributed by atoms with Crippen molar-refractivity contribution < 1.29 is 0 Å². The number of amidine groups is 1. The van der Waals surface area contributed by atoms with Gasteiger partial charge in [-0.15, -0.1) is 0 Å². The van der Waals surface area contributed by atoms with Crippen LogP contribution in [0.25, 0.3) is 60.6 Å². The third-order valence-electron chi connectivity index (χ3n) is 12.3. The van der Waals surface area contributed by atoms with Gasteiger partial charge < -0.3 is 0 Å². The Kier molecular flexibility index (Phi) is 7.97. The maximum absolute atomic E-state index is 5.53. The minimum atomic E-state index is -0.595. The second-order valence-electron chi connectivity index (χ2n) is 15.3. The number of fused-ring (bicyclic) bond motifs is 9. The molecule has 1 unspecified atom stereocenters. The van der Waals surface area contributed by atoms with Crippen LogP contribution in [0.4, 0.5) is 0 Å². The van der Waals surface area contributed by atoms with E-state index in [-0.39, 0.29) is 0 Å². The summed E-state index contributed by atoms with van der Waals surface area (Å²) in [6, 6.07) is 74.9. The summed E-state index contributed by atoms with van der Waals surface area (Å²) in [7, 11) is 0. The smallest absolute Gasteiger partial charge is 0.159 e. The van der Waals surface area contributed by atoms with Crippen LogP contribution in [0, 0.1) is 0 Å². The van der Waals surface area contributed by atoms with Gasteiger partial charge in [-0.1, -0.05) is 194 Å². The number of allylic oxidation sites excluding steroid dienone is 1. The van der Waals surface area contributed by atoms with Crippen molar-refractivity contribution in [3.63, 3.8) is 0 Å². The molecule has 9 aromatic rings. The van der Waals surface area contributed by atoms with E-state index >= 15 is 0 Å². The highest BCUT2D eigenvalue weighted by Crippen LogP contribution is 2.63. The summed E-state index contributed by atoms with van der Waals surface area (Å²) in [4.78, 5) is 10.1.